The van der Waals surface area contributed by atoms with Gasteiger partial charge in [-0.05, 0) is 0 Å². The molecule has 5 heteroatoms. The highest BCUT2D eigenvalue weighted by molar-refractivity contribution is 7.81. The molecule has 0 unspecified atom stereocenters. The summed E-state index contributed by atoms with van der Waals surface area (Å²) in [7, 11) is 0. The van der Waals surface area contributed by atoms with E-state index in [1.807, 2.05) is 0 Å². The van der Waals surface area contributed by atoms with E-state index >= 15 is 0 Å². The molecule has 0 aromatic rings. The Kier molecular flexibility index (Phi) is 21.2. The summed E-state index contributed by atoms with van der Waals surface area (Å²) < 4.78 is 0. The van der Waals surface area contributed by atoms with E-state index in [1.54, 1.807) is 0 Å². The maximum absolute atomic E-state index is 9.29. The Morgan fingerprint density at radius 1 is 1.71 bits per heavy atom. The van der Waals surface area contributed by atoms with E-state index in [-0.39, 0.29) is 24.3 Å². The second kappa shape index (κ2) is 9.42. The second-order valence-electron chi connectivity index (χ2n) is 0.552. The number of halogens is 1. The van der Waals surface area contributed by atoms with Crippen molar-refractivity contribution in [2.24, 2.45) is 0 Å². The van der Waals surface area contributed by atoms with Crippen LogP contribution in [0.5, 0.6) is 0 Å². The van der Waals surface area contributed by atoms with Crippen molar-refractivity contribution in [3.05, 3.63) is 0 Å². The van der Waals surface area contributed by atoms with Crippen molar-refractivity contribution in [3.8, 4) is 0 Å². The molecule has 0 spiro atoms. The van der Waals surface area contributed by atoms with E-state index < -0.39 is 5.97 Å². The molecule has 0 bridgehead atoms. The van der Waals surface area contributed by atoms with E-state index in [0.29, 0.717) is 0 Å². The molecule has 7 heavy (non-hydrogen) atoms. The van der Waals surface area contributed by atoms with Crippen LogP contribution in [0.1, 0.15) is 0 Å². The highest BCUT2D eigenvalue weighted by atomic mass is 35.5. The van der Waals surface area contributed by atoms with Crippen molar-refractivity contribution < 1.29 is 9.90 Å². The van der Waals surface area contributed by atoms with Gasteiger partial charge in [-0.3, -0.25) is 4.79 Å². The quantitative estimate of drug-likeness (QED) is 0.473. The molecule has 0 aliphatic carbocycles. The monoisotopic (exact) mass is 145 g/mol. The van der Waals surface area contributed by atoms with Gasteiger partial charge in [0.15, 0.2) is 0 Å². The maximum Gasteiger partial charge on any atom is 0.313 e. The van der Waals surface area contributed by atoms with Crippen LogP contribution in [0.2, 0.25) is 0 Å². The van der Waals surface area contributed by atoms with E-state index in [9.17, 15) is 4.79 Å². The van der Waals surface area contributed by atoms with Crippen LogP contribution in [-0.2, 0) is 4.79 Å². The minimum atomic E-state index is -0.881. The van der Waals surface area contributed by atoms with Crippen molar-refractivity contribution in [1.82, 2.24) is 6.15 Å². The fourth-order valence-corrected chi connectivity index (χ4v) is 0. The highest BCUT2D eigenvalue weighted by Crippen LogP contribution is 1.66. The molecule has 3 nitrogen and oxygen atoms in total. The SMILES string of the molecule is Cl.N.O=C(O)CS. The molecule has 0 atom stereocenters. The Hall–Kier alpha value is 0.0700. The normalized spacial score (nSPS) is 5.29. The number of carbonyl (C=O) groups is 1. The Labute approximate surface area is 53.5 Å². The Morgan fingerprint density at radius 2 is 1.86 bits per heavy atom. The fourth-order valence-electron chi connectivity index (χ4n) is 0. The number of carboxylic acids is 1. The lowest BCUT2D eigenvalue weighted by Crippen LogP contribution is -1.92. The van der Waals surface area contributed by atoms with Crippen molar-refractivity contribution in [1.29, 1.82) is 0 Å². The van der Waals surface area contributed by atoms with Gasteiger partial charge in [0.25, 0.3) is 0 Å². The second-order valence-corrected chi connectivity index (χ2v) is 0.868. The molecule has 0 saturated heterocycles. The van der Waals surface area contributed by atoms with Crippen molar-refractivity contribution in [2.75, 3.05) is 5.75 Å². The average Bonchev–Trinajstić information content (AvgIpc) is 1.38. The van der Waals surface area contributed by atoms with E-state index in [0.717, 1.165) is 0 Å². The summed E-state index contributed by atoms with van der Waals surface area (Å²) in [6.07, 6.45) is 0. The third-order valence-corrected chi connectivity index (χ3v) is 0.406. The van der Waals surface area contributed by atoms with Gasteiger partial charge in [0.05, 0.1) is 5.75 Å². The first-order chi connectivity index (χ1) is 2.27. The summed E-state index contributed by atoms with van der Waals surface area (Å²) in [5, 5.41) is 7.65. The number of carboxylic acid groups (broad SMARTS) is 1. The molecule has 4 N–H and O–H groups in total. The van der Waals surface area contributed by atoms with Crippen LogP contribution in [0, 0.1) is 0 Å². The smallest absolute Gasteiger partial charge is 0.313 e. The Morgan fingerprint density at radius 3 is 1.86 bits per heavy atom. The predicted molar refractivity (Wildman–Crippen MR) is 33.8 cm³/mol. The molecule has 0 radical (unpaired) electrons. The Balaban J connectivity index is -0.0000000800. The molecule has 0 fully saturated rings. The molecular formula is C2H8ClNO2S. The third-order valence-electron chi connectivity index (χ3n) is 0.135. The lowest BCUT2D eigenvalue weighted by atomic mass is 10.8. The first kappa shape index (κ1) is 15.7. The van der Waals surface area contributed by atoms with E-state index in [2.05, 4.69) is 12.6 Å². The highest BCUT2D eigenvalue weighted by Gasteiger charge is 1.81. The first-order valence-electron chi connectivity index (χ1n) is 1.10. The van der Waals surface area contributed by atoms with Crippen LogP contribution in [0.4, 0.5) is 0 Å². The van der Waals surface area contributed by atoms with Crippen LogP contribution in [0.15, 0.2) is 0 Å². The molecule has 0 aromatic carbocycles. The average molecular weight is 146 g/mol. The Bertz CT molecular complexity index is 51.0. The molecular weight excluding hydrogens is 138 g/mol. The fraction of sp³-hybridized carbons (Fsp3) is 0.500. The van der Waals surface area contributed by atoms with Crippen molar-refractivity contribution in [3.63, 3.8) is 0 Å². The number of hydrogen-bond acceptors (Lipinski definition) is 3. The summed E-state index contributed by atoms with van der Waals surface area (Å²) in [5.41, 5.74) is 0. The maximum atomic E-state index is 9.29. The van der Waals surface area contributed by atoms with Gasteiger partial charge in [-0.25, -0.2) is 0 Å². The molecule has 0 aliphatic heterocycles. The third kappa shape index (κ3) is 23.5. The zero-order chi connectivity index (χ0) is 4.28. The number of hydrogen-bond donors (Lipinski definition) is 3. The standard InChI is InChI=1S/C2H4O2S.ClH.H3N/c3-2(4)1-5;;/h5H,1H2,(H,3,4);1H;1H3. The van der Waals surface area contributed by atoms with Gasteiger partial charge in [-0.2, -0.15) is 12.6 Å². The predicted octanol–water partition coefficient (Wildman–Crippen LogP) is 0.585. The van der Waals surface area contributed by atoms with Crippen LogP contribution in [-0.4, -0.2) is 16.8 Å². The topological polar surface area (TPSA) is 72.3 Å². The van der Waals surface area contributed by atoms with Crippen LogP contribution >= 0.6 is 25.0 Å². The van der Waals surface area contributed by atoms with E-state index in [1.165, 1.54) is 0 Å². The van der Waals surface area contributed by atoms with Crippen LogP contribution in [0.3, 0.4) is 0 Å². The number of aliphatic carboxylic acids is 1. The molecule has 0 aromatic heterocycles. The van der Waals surface area contributed by atoms with E-state index in [4.69, 9.17) is 5.11 Å². The van der Waals surface area contributed by atoms with Crippen LogP contribution in [0.25, 0.3) is 0 Å². The summed E-state index contributed by atoms with van der Waals surface area (Å²) in [6, 6.07) is 0. The van der Waals surface area contributed by atoms with Gasteiger partial charge in [0.2, 0.25) is 0 Å². The van der Waals surface area contributed by atoms with Crippen molar-refractivity contribution >= 4 is 31.0 Å². The molecule has 0 aliphatic rings. The van der Waals surface area contributed by atoms with Gasteiger partial charge >= 0.3 is 5.97 Å². The number of rotatable bonds is 1. The van der Waals surface area contributed by atoms with Gasteiger partial charge in [0.1, 0.15) is 0 Å². The molecule has 0 rings (SSSR count). The first-order valence-corrected chi connectivity index (χ1v) is 1.73. The van der Waals surface area contributed by atoms with Gasteiger partial charge in [-0.15, -0.1) is 12.4 Å². The lowest BCUT2D eigenvalue weighted by Gasteiger charge is -1.71. The molecule has 0 amide bonds. The molecule has 46 valence electrons. The molecule has 0 heterocycles. The van der Waals surface area contributed by atoms with Crippen molar-refractivity contribution in [2.45, 2.75) is 0 Å². The van der Waals surface area contributed by atoms with Crippen LogP contribution < -0.4 is 6.15 Å². The minimum Gasteiger partial charge on any atom is -0.481 e. The summed E-state index contributed by atoms with van der Waals surface area (Å²) in [5.74, 6) is -0.965. The van der Waals surface area contributed by atoms with Gasteiger partial charge in [-0.1, -0.05) is 0 Å². The van der Waals surface area contributed by atoms with Gasteiger partial charge in [0, 0.05) is 0 Å². The largest absolute Gasteiger partial charge is 0.481 e. The zero-order valence-corrected chi connectivity index (χ0v) is 5.34. The number of thiol groups is 1. The molecule has 0 saturated carbocycles. The lowest BCUT2D eigenvalue weighted by molar-refractivity contribution is -0.133. The summed E-state index contributed by atoms with van der Waals surface area (Å²) >= 11 is 3.42. The zero-order valence-electron chi connectivity index (χ0n) is 3.63. The van der Waals surface area contributed by atoms with Gasteiger partial charge < -0.3 is 11.3 Å². The summed E-state index contributed by atoms with van der Waals surface area (Å²) in [6.45, 7) is 0. The minimum absolute atomic E-state index is 0. The summed E-state index contributed by atoms with van der Waals surface area (Å²) in [4.78, 5) is 9.29.